The van der Waals surface area contributed by atoms with Crippen LogP contribution in [0.5, 0.6) is 0 Å². The van der Waals surface area contributed by atoms with Crippen LogP contribution in [-0.4, -0.2) is 5.78 Å². The summed E-state index contributed by atoms with van der Waals surface area (Å²) < 4.78 is 0. The molecular weight excluding hydrogens is 172 g/mol. The molecular formula is C13H22O. The molecule has 0 N–H and O–H groups in total. The van der Waals surface area contributed by atoms with Crippen LogP contribution >= 0.6 is 0 Å². The molecule has 0 radical (unpaired) electrons. The molecule has 0 heterocycles. The summed E-state index contributed by atoms with van der Waals surface area (Å²) in [4.78, 5) is 11.7. The molecule has 14 heavy (non-hydrogen) atoms. The highest BCUT2D eigenvalue weighted by Gasteiger charge is 2.24. The van der Waals surface area contributed by atoms with Gasteiger partial charge in [0.1, 0.15) is 5.78 Å². The minimum atomic E-state index is 0.342. The second-order valence-corrected chi connectivity index (χ2v) is 4.73. The average molecular weight is 194 g/mol. The molecule has 0 unspecified atom stereocenters. The molecule has 0 aliphatic heterocycles. The third-order valence-corrected chi connectivity index (χ3v) is 3.36. The van der Waals surface area contributed by atoms with E-state index >= 15 is 0 Å². The Bertz CT molecular complexity index is 209. The van der Waals surface area contributed by atoms with Gasteiger partial charge in [-0.2, -0.15) is 0 Å². The smallest absolute Gasteiger partial charge is 0.139 e. The zero-order chi connectivity index (χ0) is 10.6. The van der Waals surface area contributed by atoms with Crippen molar-refractivity contribution in [1.29, 1.82) is 0 Å². The van der Waals surface area contributed by atoms with Gasteiger partial charge >= 0.3 is 0 Å². The van der Waals surface area contributed by atoms with E-state index in [1.165, 1.54) is 19.3 Å². The summed E-state index contributed by atoms with van der Waals surface area (Å²) in [5.74, 6) is 1.64. The van der Waals surface area contributed by atoms with Crippen molar-refractivity contribution in [3.05, 3.63) is 12.2 Å². The summed E-state index contributed by atoms with van der Waals surface area (Å²) in [6.07, 6.45) is 6.62. The fourth-order valence-electron chi connectivity index (χ4n) is 2.33. The largest absolute Gasteiger partial charge is 0.299 e. The van der Waals surface area contributed by atoms with Crippen LogP contribution in [0.15, 0.2) is 12.2 Å². The fraction of sp³-hybridized carbons (Fsp3) is 0.769. The Balaban J connectivity index is 2.34. The molecule has 0 spiro atoms. The molecule has 1 saturated carbocycles. The number of allylic oxidation sites excluding steroid dienone is 1. The van der Waals surface area contributed by atoms with Crippen LogP contribution in [-0.2, 0) is 4.79 Å². The van der Waals surface area contributed by atoms with E-state index in [2.05, 4.69) is 13.5 Å². The number of ketones is 1. The maximum Gasteiger partial charge on any atom is 0.139 e. The molecule has 0 saturated heterocycles. The number of hydrogen-bond acceptors (Lipinski definition) is 1. The van der Waals surface area contributed by atoms with Crippen LogP contribution in [0.25, 0.3) is 0 Å². The van der Waals surface area contributed by atoms with Gasteiger partial charge in [-0.3, -0.25) is 4.79 Å². The van der Waals surface area contributed by atoms with E-state index in [9.17, 15) is 4.79 Å². The summed E-state index contributed by atoms with van der Waals surface area (Å²) in [6.45, 7) is 7.99. The van der Waals surface area contributed by atoms with Gasteiger partial charge in [0.25, 0.3) is 0 Å². The predicted molar refractivity (Wildman–Crippen MR) is 60.2 cm³/mol. The topological polar surface area (TPSA) is 17.1 Å². The summed E-state index contributed by atoms with van der Waals surface area (Å²) >= 11 is 0. The highest BCUT2D eigenvalue weighted by atomic mass is 16.1. The molecule has 0 amide bonds. The first kappa shape index (κ1) is 11.5. The van der Waals surface area contributed by atoms with Crippen molar-refractivity contribution in [1.82, 2.24) is 0 Å². The fourth-order valence-corrected chi connectivity index (χ4v) is 2.33. The number of Topliss-reactive ketones (excluding diaryl/α,β-unsaturated/α-hetero) is 1. The Morgan fingerprint density at radius 2 is 1.86 bits per heavy atom. The van der Waals surface area contributed by atoms with Crippen LogP contribution in [0.4, 0.5) is 0 Å². The van der Waals surface area contributed by atoms with E-state index in [0.29, 0.717) is 18.1 Å². The van der Waals surface area contributed by atoms with Crippen molar-refractivity contribution >= 4 is 5.78 Å². The Kier molecular flexibility index (Phi) is 4.37. The molecule has 0 aromatic carbocycles. The molecule has 1 rings (SSSR count). The molecule has 1 nitrogen and oxygen atoms in total. The number of hydrogen-bond donors (Lipinski definition) is 0. The van der Waals surface area contributed by atoms with Crippen molar-refractivity contribution in [2.24, 2.45) is 11.8 Å². The van der Waals surface area contributed by atoms with E-state index in [1.807, 2.05) is 6.92 Å². The van der Waals surface area contributed by atoms with Crippen molar-refractivity contribution in [2.75, 3.05) is 0 Å². The number of rotatable bonds is 4. The highest BCUT2D eigenvalue weighted by Crippen LogP contribution is 2.31. The lowest BCUT2D eigenvalue weighted by molar-refractivity contribution is -0.123. The maximum atomic E-state index is 11.7. The van der Waals surface area contributed by atoms with Gasteiger partial charge in [-0.05, 0) is 38.5 Å². The third-order valence-electron chi connectivity index (χ3n) is 3.36. The monoisotopic (exact) mass is 194 g/mol. The van der Waals surface area contributed by atoms with E-state index in [4.69, 9.17) is 0 Å². The van der Waals surface area contributed by atoms with Gasteiger partial charge < -0.3 is 0 Å². The molecule has 1 aliphatic carbocycles. The van der Waals surface area contributed by atoms with E-state index in [-0.39, 0.29) is 0 Å². The summed E-state index contributed by atoms with van der Waals surface area (Å²) in [5.41, 5.74) is 1.01. The van der Waals surface area contributed by atoms with Crippen molar-refractivity contribution in [2.45, 2.75) is 52.4 Å². The second kappa shape index (κ2) is 5.33. The quantitative estimate of drug-likeness (QED) is 0.623. The first-order valence-corrected chi connectivity index (χ1v) is 5.80. The van der Waals surface area contributed by atoms with Gasteiger partial charge in [0.05, 0.1) is 0 Å². The number of carbonyl (C=O) groups excluding carboxylic acids is 1. The van der Waals surface area contributed by atoms with Crippen LogP contribution in [0.2, 0.25) is 0 Å². The van der Waals surface area contributed by atoms with Gasteiger partial charge in [-0.15, -0.1) is 0 Å². The zero-order valence-electron chi connectivity index (χ0n) is 9.51. The van der Waals surface area contributed by atoms with Crippen LogP contribution in [0.1, 0.15) is 52.4 Å². The van der Waals surface area contributed by atoms with E-state index in [0.717, 1.165) is 24.3 Å². The highest BCUT2D eigenvalue weighted by molar-refractivity contribution is 5.83. The zero-order valence-corrected chi connectivity index (χ0v) is 9.51. The van der Waals surface area contributed by atoms with E-state index in [1.54, 1.807) is 0 Å². The molecule has 1 aliphatic rings. The molecule has 80 valence electrons. The average Bonchev–Trinajstić information content (AvgIpc) is 2.17. The van der Waals surface area contributed by atoms with Gasteiger partial charge in [-0.25, -0.2) is 0 Å². The minimum absolute atomic E-state index is 0.342. The third kappa shape index (κ3) is 3.28. The second-order valence-electron chi connectivity index (χ2n) is 4.73. The molecule has 1 heteroatoms. The molecule has 1 fully saturated rings. The summed E-state index contributed by atoms with van der Waals surface area (Å²) in [5, 5.41) is 0. The summed E-state index contributed by atoms with van der Waals surface area (Å²) in [7, 11) is 0. The molecule has 0 atom stereocenters. The standard InChI is InChI=1S/C13H22O/c1-4-11-5-7-12(8-6-11)13(14)9-10(2)3/h11-12H,2,4-9H2,1,3H3. The lowest BCUT2D eigenvalue weighted by Gasteiger charge is -2.26. The Morgan fingerprint density at radius 3 is 2.29 bits per heavy atom. The molecule has 0 aromatic rings. The Morgan fingerprint density at radius 1 is 1.29 bits per heavy atom. The van der Waals surface area contributed by atoms with Crippen molar-refractivity contribution in [3.8, 4) is 0 Å². The van der Waals surface area contributed by atoms with Crippen LogP contribution < -0.4 is 0 Å². The Labute approximate surface area is 87.6 Å². The van der Waals surface area contributed by atoms with Crippen molar-refractivity contribution < 1.29 is 4.79 Å². The van der Waals surface area contributed by atoms with E-state index < -0.39 is 0 Å². The molecule has 0 bridgehead atoms. The van der Waals surface area contributed by atoms with Gasteiger partial charge in [0.15, 0.2) is 0 Å². The van der Waals surface area contributed by atoms with Gasteiger partial charge in [0.2, 0.25) is 0 Å². The van der Waals surface area contributed by atoms with Gasteiger partial charge in [-0.1, -0.05) is 25.5 Å². The first-order valence-electron chi connectivity index (χ1n) is 5.80. The number of carbonyl (C=O) groups is 1. The SMILES string of the molecule is C=C(C)CC(=O)C1CCC(CC)CC1. The first-order chi connectivity index (χ1) is 6.63. The normalized spacial score (nSPS) is 27.3. The lowest BCUT2D eigenvalue weighted by Crippen LogP contribution is -2.21. The minimum Gasteiger partial charge on any atom is -0.299 e. The van der Waals surface area contributed by atoms with Crippen LogP contribution in [0, 0.1) is 11.8 Å². The van der Waals surface area contributed by atoms with Gasteiger partial charge in [0, 0.05) is 12.3 Å². The summed E-state index contributed by atoms with van der Waals surface area (Å²) in [6, 6.07) is 0. The lowest BCUT2D eigenvalue weighted by atomic mass is 9.78. The van der Waals surface area contributed by atoms with Crippen LogP contribution in [0.3, 0.4) is 0 Å². The predicted octanol–water partition coefficient (Wildman–Crippen LogP) is 3.74. The van der Waals surface area contributed by atoms with Crippen molar-refractivity contribution in [3.63, 3.8) is 0 Å². The maximum absolute atomic E-state index is 11.7. The molecule has 0 aromatic heterocycles. The Hall–Kier alpha value is -0.590.